The van der Waals surface area contributed by atoms with Gasteiger partial charge in [0.15, 0.2) is 5.96 Å². The molecule has 6 heteroatoms. The van der Waals surface area contributed by atoms with Gasteiger partial charge in [-0.05, 0) is 24.7 Å². The molecule has 0 bridgehead atoms. The van der Waals surface area contributed by atoms with Gasteiger partial charge in [-0.25, -0.2) is 0 Å². The molecule has 1 aliphatic carbocycles. The molecule has 1 aliphatic rings. The molecule has 0 aromatic carbocycles. The van der Waals surface area contributed by atoms with Crippen LogP contribution in [-0.2, 0) is 9.53 Å². The number of hydrogen-bond donors (Lipinski definition) is 2. The zero-order chi connectivity index (χ0) is 14.1. The highest BCUT2D eigenvalue weighted by Gasteiger charge is 2.31. The van der Waals surface area contributed by atoms with Crippen molar-refractivity contribution in [1.29, 1.82) is 0 Å². The maximum atomic E-state index is 11.0. The Labute approximate surface area is 139 Å². The van der Waals surface area contributed by atoms with Gasteiger partial charge in [0.2, 0.25) is 0 Å². The number of guanidine groups is 1. The van der Waals surface area contributed by atoms with E-state index in [1.807, 2.05) is 0 Å². The molecule has 0 aromatic rings. The highest BCUT2D eigenvalue weighted by atomic mass is 127. The third kappa shape index (κ3) is 6.28. The van der Waals surface area contributed by atoms with Gasteiger partial charge in [-0.2, -0.15) is 0 Å². The van der Waals surface area contributed by atoms with Crippen molar-refractivity contribution < 1.29 is 9.53 Å². The molecule has 0 aromatic heterocycles. The van der Waals surface area contributed by atoms with Crippen LogP contribution in [0.1, 0.15) is 45.4 Å². The summed E-state index contributed by atoms with van der Waals surface area (Å²) in [6, 6.07) is 0. The van der Waals surface area contributed by atoms with Crippen molar-refractivity contribution in [2.24, 2.45) is 10.4 Å². The minimum atomic E-state index is -0.205. The Morgan fingerprint density at radius 1 is 1.30 bits per heavy atom. The Bertz CT molecular complexity index is 316. The average Bonchev–Trinajstić information content (AvgIpc) is 2.91. The van der Waals surface area contributed by atoms with E-state index in [2.05, 4.69) is 27.3 Å². The molecule has 2 N–H and O–H groups in total. The lowest BCUT2D eigenvalue weighted by molar-refractivity contribution is -0.140. The first kappa shape index (κ1) is 19.5. The summed E-state index contributed by atoms with van der Waals surface area (Å²) in [5.41, 5.74) is 0.431. The van der Waals surface area contributed by atoms with Crippen LogP contribution in [0.5, 0.6) is 0 Å². The van der Waals surface area contributed by atoms with Crippen LogP contribution < -0.4 is 10.6 Å². The Hall–Kier alpha value is -0.530. The van der Waals surface area contributed by atoms with Crippen molar-refractivity contribution >= 4 is 35.9 Å². The fourth-order valence-corrected chi connectivity index (χ4v) is 2.66. The Balaban J connectivity index is 0.00000361. The van der Waals surface area contributed by atoms with Crippen LogP contribution in [0, 0.1) is 5.41 Å². The molecule has 1 rings (SSSR count). The van der Waals surface area contributed by atoms with Gasteiger partial charge in [0.25, 0.3) is 0 Å². The second-order valence-electron chi connectivity index (χ2n) is 5.24. The number of halogens is 1. The van der Waals surface area contributed by atoms with Crippen molar-refractivity contribution in [3.05, 3.63) is 0 Å². The van der Waals surface area contributed by atoms with Crippen molar-refractivity contribution in [2.75, 3.05) is 27.2 Å². The van der Waals surface area contributed by atoms with E-state index >= 15 is 0 Å². The van der Waals surface area contributed by atoms with Crippen LogP contribution in [-0.4, -0.2) is 39.2 Å². The summed E-state index contributed by atoms with van der Waals surface area (Å²) < 4.78 is 4.60. The standard InChI is InChI=1S/C14H27N3O2.HI/c1-4-14(8-5-6-9-14)11-17-13(15-2)16-10-7-12(18)19-3;/h4-11H2,1-3H3,(H2,15,16,17);1H. The number of aliphatic imine (C=N–C) groups is 1. The Morgan fingerprint density at radius 3 is 2.45 bits per heavy atom. The van der Waals surface area contributed by atoms with Gasteiger partial charge in [0.1, 0.15) is 0 Å². The first-order valence-corrected chi connectivity index (χ1v) is 7.17. The fraction of sp³-hybridized carbons (Fsp3) is 0.857. The molecule has 1 fully saturated rings. The lowest BCUT2D eigenvalue weighted by Gasteiger charge is -2.28. The van der Waals surface area contributed by atoms with Gasteiger partial charge in [0, 0.05) is 20.1 Å². The molecule has 1 saturated carbocycles. The zero-order valence-corrected chi connectivity index (χ0v) is 15.2. The molecular weight excluding hydrogens is 369 g/mol. The van der Waals surface area contributed by atoms with Crippen molar-refractivity contribution in [1.82, 2.24) is 10.6 Å². The predicted molar refractivity (Wildman–Crippen MR) is 92.6 cm³/mol. The normalized spacial score (nSPS) is 17.2. The third-order valence-electron chi connectivity index (χ3n) is 4.12. The first-order chi connectivity index (χ1) is 9.15. The molecule has 0 unspecified atom stereocenters. The number of esters is 1. The van der Waals surface area contributed by atoms with Crippen LogP contribution in [0.3, 0.4) is 0 Å². The van der Waals surface area contributed by atoms with E-state index in [0.29, 0.717) is 18.4 Å². The van der Waals surface area contributed by atoms with Crippen LogP contribution in [0.25, 0.3) is 0 Å². The number of nitrogens with zero attached hydrogens (tertiary/aromatic N) is 1. The van der Waals surface area contributed by atoms with Crippen LogP contribution in [0.4, 0.5) is 0 Å². The monoisotopic (exact) mass is 397 g/mol. The van der Waals surface area contributed by atoms with Gasteiger partial charge < -0.3 is 15.4 Å². The number of hydrogen-bond acceptors (Lipinski definition) is 3. The fourth-order valence-electron chi connectivity index (χ4n) is 2.66. The molecule has 0 saturated heterocycles. The molecule has 0 aliphatic heterocycles. The molecule has 5 nitrogen and oxygen atoms in total. The highest BCUT2D eigenvalue weighted by molar-refractivity contribution is 14.0. The number of carbonyl (C=O) groups is 1. The van der Waals surface area contributed by atoms with Crippen LogP contribution >= 0.6 is 24.0 Å². The number of methoxy groups -OCH3 is 1. The number of carbonyl (C=O) groups excluding carboxylic acids is 1. The SMILES string of the molecule is CCC1(CNC(=NC)NCCC(=O)OC)CCCC1.I. The lowest BCUT2D eigenvalue weighted by Crippen LogP contribution is -2.43. The topological polar surface area (TPSA) is 62.7 Å². The van der Waals surface area contributed by atoms with Crippen LogP contribution in [0.15, 0.2) is 4.99 Å². The predicted octanol–water partition coefficient (Wildman–Crippen LogP) is 2.30. The van der Waals surface area contributed by atoms with E-state index in [9.17, 15) is 4.79 Å². The van der Waals surface area contributed by atoms with Gasteiger partial charge in [-0.3, -0.25) is 9.79 Å². The summed E-state index contributed by atoms with van der Waals surface area (Å²) in [5.74, 6) is 0.562. The van der Waals surface area contributed by atoms with Gasteiger partial charge in [-0.1, -0.05) is 19.8 Å². The minimum absolute atomic E-state index is 0. The minimum Gasteiger partial charge on any atom is -0.469 e. The quantitative estimate of drug-likeness (QED) is 0.313. The van der Waals surface area contributed by atoms with Gasteiger partial charge in [-0.15, -0.1) is 24.0 Å². The summed E-state index contributed by atoms with van der Waals surface area (Å²) in [6.07, 6.45) is 6.84. The van der Waals surface area contributed by atoms with Gasteiger partial charge in [0.05, 0.1) is 13.5 Å². The number of nitrogens with one attached hydrogen (secondary N) is 2. The second kappa shape index (κ2) is 10.2. The first-order valence-electron chi connectivity index (χ1n) is 7.17. The highest BCUT2D eigenvalue weighted by Crippen LogP contribution is 2.40. The van der Waals surface area contributed by atoms with E-state index < -0.39 is 0 Å². The summed E-state index contributed by atoms with van der Waals surface area (Å²) in [6.45, 7) is 3.77. The second-order valence-corrected chi connectivity index (χ2v) is 5.24. The van der Waals surface area contributed by atoms with Crippen molar-refractivity contribution in [2.45, 2.75) is 45.4 Å². The molecule has 0 atom stereocenters. The van der Waals surface area contributed by atoms with E-state index in [1.165, 1.54) is 39.2 Å². The molecule has 0 amide bonds. The Kier molecular flexibility index (Phi) is 9.96. The smallest absolute Gasteiger partial charge is 0.307 e. The zero-order valence-electron chi connectivity index (χ0n) is 12.8. The summed E-state index contributed by atoms with van der Waals surface area (Å²) >= 11 is 0. The van der Waals surface area contributed by atoms with Gasteiger partial charge >= 0.3 is 5.97 Å². The van der Waals surface area contributed by atoms with Crippen LogP contribution in [0.2, 0.25) is 0 Å². The van der Waals surface area contributed by atoms with E-state index in [4.69, 9.17) is 0 Å². The summed E-state index contributed by atoms with van der Waals surface area (Å²) in [4.78, 5) is 15.2. The maximum Gasteiger partial charge on any atom is 0.307 e. The van der Waals surface area contributed by atoms with E-state index in [0.717, 1.165) is 12.5 Å². The largest absolute Gasteiger partial charge is 0.469 e. The molecule has 118 valence electrons. The molecule has 0 heterocycles. The van der Waals surface area contributed by atoms with E-state index in [1.54, 1.807) is 7.05 Å². The number of ether oxygens (including phenoxy) is 1. The Morgan fingerprint density at radius 2 is 1.95 bits per heavy atom. The molecule has 20 heavy (non-hydrogen) atoms. The van der Waals surface area contributed by atoms with E-state index in [-0.39, 0.29) is 29.9 Å². The van der Waals surface area contributed by atoms with Crippen molar-refractivity contribution in [3.63, 3.8) is 0 Å². The van der Waals surface area contributed by atoms with Crippen molar-refractivity contribution in [3.8, 4) is 0 Å². The lowest BCUT2D eigenvalue weighted by atomic mass is 9.83. The molecule has 0 spiro atoms. The third-order valence-corrected chi connectivity index (χ3v) is 4.12. The molecule has 0 radical (unpaired) electrons. The number of rotatable bonds is 6. The average molecular weight is 397 g/mol. The summed E-state index contributed by atoms with van der Waals surface area (Å²) in [5, 5.41) is 6.52. The maximum absolute atomic E-state index is 11.0. The molecular formula is C14H28IN3O2. The summed E-state index contributed by atoms with van der Waals surface area (Å²) in [7, 11) is 3.15.